The highest BCUT2D eigenvalue weighted by Gasteiger charge is 2.08. The molecule has 0 fully saturated rings. The molecule has 7 heteroatoms. The van der Waals surface area contributed by atoms with Crippen LogP contribution in [0.15, 0.2) is 28.6 Å². The highest BCUT2D eigenvalue weighted by atomic mass is 32.1. The zero-order valence-corrected chi connectivity index (χ0v) is 17.7. The number of guanidine groups is 1. The molecule has 1 aromatic heterocycles. The summed E-state index contributed by atoms with van der Waals surface area (Å²) in [5, 5.41) is 9.89. The van der Waals surface area contributed by atoms with Crippen molar-refractivity contribution < 1.29 is 9.47 Å². The summed E-state index contributed by atoms with van der Waals surface area (Å²) in [6.45, 7) is 10.4. The number of nitrogens with zero attached hydrogens (tertiary/aromatic N) is 2. The van der Waals surface area contributed by atoms with Gasteiger partial charge in [0.1, 0.15) is 0 Å². The minimum atomic E-state index is 0.473. The van der Waals surface area contributed by atoms with Crippen molar-refractivity contribution in [1.29, 1.82) is 0 Å². The van der Waals surface area contributed by atoms with Crippen molar-refractivity contribution in [2.75, 3.05) is 32.1 Å². The number of ether oxygens (including phenoxy) is 2. The zero-order valence-electron chi connectivity index (χ0n) is 16.8. The van der Waals surface area contributed by atoms with E-state index in [1.165, 1.54) is 5.01 Å². The summed E-state index contributed by atoms with van der Waals surface area (Å²) >= 11 is 1.72. The van der Waals surface area contributed by atoms with E-state index in [0.717, 1.165) is 36.1 Å². The molecule has 0 bridgehead atoms. The van der Waals surface area contributed by atoms with Crippen LogP contribution in [0.2, 0.25) is 0 Å². The van der Waals surface area contributed by atoms with Crippen LogP contribution in [0.4, 0.5) is 5.69 Å². The Labute approximate surface area is 166 Å². The van der Waals surface area contributed by atoms with Gasteiger partial charge < -0.3 is 20.1 Å². The molecule has 0 unspecified atom stereocenters. The molecule has 148 valence electrons. The van der Waals surface area contributed by atoms with Crippen LogP contribution >= 0.6 is 11.3 Å². The van der Waals surface area contributed by atoms with Gasteiger partial charge in [0.2, 0.25) is 0 Å². The number of nitrogens with one attached hydrogen (secondary N) is 2. The van der Waals surface area contributed by atoms with Crippen molar-refractivity contribution in [3.63, 3.8) is 0 Å². The predicted octanol–water partition coefficient (Wildman–Crippen LogP) is 4.29. The molecule has 0 aliphatic carbocycles. The summed E-state index contributed by atoms with van der Waals surface area (Å²) in [5.74, 6) is 2.64. The first-order chi connectivity index (χ1) is 13.1. The van der Waals surface area contributed by atoms with Gasteiger partial charge in [0.05, 0.1) is 24.4 Å². The van der Waals surface area contributed by atoms with Gasteiger partial charge >= 0.3 is 0 Å². The second-order valence-corrected chi connectivity index (χ2v) is 7.16. The van der Waals surface area contributed by atoms with Crippen LogP contribution in [0.1, 0.15) is 44.3 Å². The monoisotopic (exact) mass is 390 g/mol. The van der Waals surface area contributed by atoms with Crippen LogP contribution in [0.25, 0.3) is 0 Å². The molecule has 0 atom stereocenters. The number of anilines is 1. The van der Waals surface area contributed by atoms with E-state index in [2.05, 4.69) is 39.8 Å². The number of methoxy groups -OCH3 is 1. The summed E-state index contributed by atoms with van der Waals surface area (Å²) in [6.07, 6.45) is 0.826. The maximum atomic E-state index is 5.56. The molecule has 2 aromatic rings. The molecule has 2 rings (SSSR count). The minimum absolute atomic E-state index is 0.473. The maximum Gasteiger partial charge on any atom is 0.195 e. The smallest absolute Gasteiger partial charge is 0.195 e. The SMILES string of the molecule is CCNC(=NCCc1csc(C(C)C)n1)Nc1ccc(OCC)c(OC)c1. The number of benzene rings is 1. The highest BCUT2D eigenvalue weighted by molar-refractivity contribution is 7.09. The third-order valence-corrected chi connectivity index (χ3v) is 4.97. The van der Waals surface area contributed by atoms with Crippen LogP contribution < -0.4 is 20.1 Å². The van der Waals surface area contributed by atoms with Crippen LogP contribution in [0, 0.1) is 0 Å². The molecule has 0 amide bonds. The molecule has 2 N–H and O–H groups in total. The summed E-state index contributed by atoms with van der Waals surface area (Å²) in [6, 6.07) is 5.76. The number of aliphatic imine (C=N–C) groups is 1. The molecule has 0 saturated carbocycles. The van der Waals surface area contributed by atoms with E-state index >= 15 is 0 Å². The Balaban J connectivity index is 2.02. The Morgan fingerprint density at radius 1 is 1.26 bits per heavy atom. The molecule has 0 aliphatic heterocycles. The Morgan fingerprint density at radius 2 is 2.07 bits per heavy atom. The molecule has 1 heterocycles. The number of hydrogen-bond acceptors (Lipinski definition) is 5. The van der Waals surface area contributed by atoms with Crippen molar-refractivity contribution in [2.45, 2.75) is 40.0 Å². The van der Waals surface area contributed by atoms with Gasteiger partial charge in [0, 0.05) is 42.6 Å². The van der Waals surface area contributed by atoms with Crippen molar-refractivity contribution in [2.24, 2.45) is 4.99 Å². The first-order valence-electron chi connectivity index (χ1n) is 9.37. The Bertz CT molecular complexity index is 743. The normalized spacial score (nSPS) is 11.6. The summed E-state index contributed by atoms with van der Waals surface area (Å²) in [7, 11) is 1.64. The van der Waals surface area contributed by atoms with E-state index in [9.17, 15) is 0 Å². The third kappa shape index (κ3) is 6.43. The van der Waals surface area contributed by atoms with Gasteiger partial charge in [-0.1, -0.05) is 13.8 Å². The Hall–Kier alpha value is -2.28. The van der Waals surface area contributed by atoms with Crippen molar-refractivity contribution >= 4 is 23.0 Å². The molecule has 1 aromatic carbocycles. The van der Waals surface area contributed by atoms with Gasteiger partial charge in [-0.2, -0.15) is 0 Å². The fourth-order valence-electron chi connectivity index (χ4n) is 2.45. The molecular weight excluding hydrogens is 360 g/mol. The van der Waals surface area contributed by atoms with E-state index in [-0.39, 0.29) is 0 Å². The fourth-order valence-corrected chi connectivity index (χ4v) is 3.32. The first-order valence-corrected chi connectivity index (χ1v) is 10.3. The third-order valence-electron chi connectivity index (χ3n) is 3.77. The largest absolute Gasteiger partial charge is 0.493 e. The van der Waals surface area contributed by atoms with Crippen LogP contribution in [-0.4, -0.2) is 37.7 Å². The topological polar surface area (TPSA) is 67.8 Å². The molecule has 0 spiro atoms. The number of hydrogen-bond donors (Lipinski definition) is 2. The lowest BCUT2D eigenvalue weighted by Gasteiger charge is -2.14. The van der Waals surface area contributed by atoms with E-state index in [1.54, 1.807) is 18.4 Å². The second kappa shape index (κ2) is 10.8. The van der Waals surface area contributed by atoms with Crippen molar-refractivity contribution in [3.05, 3.63) is 34.3 Å². The van der Waals surface area contributed by atoms with Gasteiger partial charge in [0.15, 0.2) is 17.5 Å². The number of aromatic nitrogens is 1. The van der Waals surface area contributed by atoms with Gasteiger partial charge in [0.25, 0.3) is 0 Å². The fraction of sp³-hybridized carbons (Fsp3) is 0.500. The van der Waals surface area contributed by atoms with E-state index < -0.39 is 0 Å². The summed E-state index contributed by atoms with van der Waals surface area (Å²) in [4.78, 5) is 9.32. The van der Waals surface area contributed by atoms with Crippen molar-refractivity contribution in [1.82, 2.24) is 10.3 Å². The van der Waals surface area contributed by atoms with Crippen molar-refractivity contribution in [3.8, 4) is 11.5 Å². The van der Waals surface area contributed by atoms with Gasteiger partial charge in [-0.3, -0.25) is 4.99 Å². The average Bonchev–Trinajstić information content (AvgIpc) is 3.12. The van der Waals surface area contributed by atoms with Gasteiger partial charge in [-0.25, -0.2) is 4.98 Å². The maximum absolute atomic E-state index is 5.56. The first kappa shape index (κ1) is 21.0. The lowest BCUT2D eigenvalue weighted by atomic mass is 10.2. The Morgan fingerprint density at radius 3 is 2.70 bits per heavy atom. The standard InChI is InChI=1S/C20H30N4O2S/c1-6-21-20(22-11-10-16-13-27-19(23-16)14(3)4)24-15-8-9-17(26-7-2)18(12-15)25-5/h8-9,12-14H,6-7,10-11H2,1-5H3,(H2,21,22,24). The van der Waals surface area contributed by atoms with E-state index in [0.29, 0.717) is 24.8 Å². The van der Waals surface area contributed by atoms with Crippen LogP contribution in [0.5, 0.6) is 11.5 Å². The Kier molecular flexibility index (Phi) is 8.39. The molecule has 27 heavy (non-hydrogen) atoms. The van der Waals surface area contributed by atoms with Gasteiger partial charge in [-0.15, -0.1) is 11.3 Å². The molecule has 0 saturated heterocycles. The van der Waals surface area contributed by atoms with Crippen LogP contribution in [-0.2, 0) is 6.42 Å². The molecule has 0 aliphatic rings. The van der Waals surface area contributed by atoms with E-state index in [1.807, 2.05) is 32.0 Å². The highest BCUT2D eigenvalue weighted by Crippen LogP contribution is 2.30. The summed E-state index contributed by atoms with van der Waals surface area (Å²) < 4.78 is 11.0. The molecule has 0 radical (unpaired) electrons. The van der Waals surface area contributed by atoms with E-state index in [4.69, 9.17) is 9.47 Å². The molecule has 6 nitrogen and oxygen atoms in total. The minimum Gasteiger partial charge on any atom is -0.493 e. The second-order valence-electron chi connectivity index (χ2n) is 6.27. The van der Waals surface area contributed by atoms with Crippen LogP contribution in [0.3, 0.4) is 0 Å². The molecular formula is C20H30N4O2S. The quantitative estimate of drug-likeness (QED) is 0.494. The van der Waals surface area contributed by atoms with Gasteiger partial charge in [-0.05, 0) is 26.0 Å². The number of thiazole rings is 1. The lowest BCUT2D eigenvalue weighted by Crippen LogP contribution is -2.30. The predicted molar refractivity (Wildman–Crippen MR) is 114 cm³/mol. The average molecular weight is 391 g/mol. The number of rotatable bonds is 9. The zero-order chi connectivity index (χ0) is 19.6. The summed E-state index contributed by atoms with van der Waals surface area (Å²) in [5.41, 5.74) is 2.00. The lowest BCUT2D eigenvalue weighted by molar-refractivity contribution is 0.311.